The van der Waals surface area contributed by atoms with Crippen LogP contribution >= 0.6 is 0 Å². The number of nitriles is 1. The topological polar surface area (TPSA) is 111 Å². The Bertz CT molecular complexity index is 1170. The molecule has 2 aliphatic heterocycles. The molecule has 3 atom stereocenters. The number of pyridine rings is 1. The van der Waals surface area contributed by atoms with Crippen molar-refractivity contribution in [1.29, 1.82) is 5.26 Å². The number of likely N-dealkylation sites (tertiary alicyclic amines) is 1. The number of nitrogens with one attached hydrogen (secondary N) is 2. The Morgan fingerprint density at radius 2 is 2.19 bits per heavy atom. The van der Waals surface area contributed by atoms with Gasteiger partial charge >= 0.3 is 6.09 Å². The van der Waals surface area contributed by atoms with Crippen molar-refractivity contribution in [3.05, 3.63) is 47.3 Å². The highest BCUT2D eigenvalue weighted by Gasteiger charge is 2.56. The quantitative estimate of drug-likeness (QED) is 0.615. The minimum atomic E-state index is -0.983. The van der Waals surface area contributed by atoms with Crippen molar-refractivity contribution in [2.75, 3.05) is 25.0 Å². The first-order chi connectivity index (χ1) is 17.5. The Kier molecular flexibility index (Phi) is 7.29. The van der Waals surface area contributed by atoms with Crippen molar-refractivity contribution < 1.29 is 18.7 Å². The van der Waals surface area contributed by atoms with Gasteiger partial charge in [0.25, 0.3) is 0 Å². The summed E-state index contributed by atoms with van der Waals surface area (Å²) in [5.74, 6) is -1.04. The molecule has 2 saturated heterocycles. The van der Waals surface area contributed by atoms with Crippen LogP contribution in [-0.4, -0.2) is 63.6 Å². The zero-order valence-electron chi connectivity index (χ0n) is 22.1. The van der Waals surface area contributed by atoms with E-state index in [0.29, 0.717) is 30.2 Å². The highest BCUT2D eigenvalue weighted by Crippen LogP contribution is 2.45. The Hall–Kier alpha value is -3.45. The van der Waals surface area contributed by atoms with Crippen LogP contribution in [0.15, 0.2) is 41.6 Å². The van der Waals surface area contributed by atoms with Crippen molar-refractivity contribution in [2.24, 2.45) is 5.92 Å². The van der Waals surface area contributed by atoms with E-state index in [4.69, 9.17) is 10.00 Å². The summed E-state index contributed by atoms with van der Waals surface area (Å²) in [7, 11) is 0. The van der Waals surface area contributed by atoms with Crippen LogP contribution in [0.4, 0.5) is 14.9 Å². The van der Waals surface area contributed by atoms with Crippen LogP contribution in [0.5, 0.6) is 0 Å². The molecule has 10 heteroatoms. The second kappa shape index (κ2) is 10.1. The van der Waals surface area contributed by atoms with Gasteiger partial charge in [-0.15, -0.1) is 0 Å². The van der Waals surface area contributed by atoms with Gasteiger partial charge in [-0.3, -0.25) is 14.6 Å². The fourth-order valence-electron chi connectivity index (χ4n) is 5.40. The second-order valence-corrected chi connectivity index (χ2v) is 10.9. The Balaban J connectivity index is 1.59. The van der Waals surface area contributed by atoms with Gasteiger partial charge in [-0.25, -0.2) is 14.2 Å². The Morgan fingerprint density at radius 1 is 1.43 bits per heavy atom. The summed E-state index contributed by atoms with van der Waals surface area (Å²) in [6.45, 7) is 10.5. The van der Waals surface area contributed by atoms with Crippen LogP contribution in [0.2, 0.25) is 0 Å². The number of aromatic nitrogens is 1. The number of likely N-dealkylation sites (N-methyl/N-ethyl adjacent to an activating group) is 1. The average Bonchev–Trinajstić information content (AvgIpc) is 3.10. The summed E-state index contributed by atoms with van der Waals surface area (Å²) in [5.41, 5.74) is 0.368. The van der Waals surface area contributed by atoms with E-state index in [2.05, 4.69) is 20.5 Å². The summed E-state index contributed by atoms with van der Waals surface area (Å²) in [6, 6.07) is 5.55. The normalized spacial score (nSPS) is 26.1. The zero-order chi connectivity index (χ0) is 27.0. The lowest BCUT2D eigenvalue weighted by Crippen LogP contribution is -2.59. The van der Waals surface area contributed by atoms with Crippen molar-refractivity contribution >= 4 is 17.7 Å². The number of allylic oxidation sites excluding steroid dienone is 2. The SMILES string of the molecule is CCN(C(=O)OC(C)(C)C)C1=C2NC(=O)C(C)(N3CCC[C@@H](Nc4ccc(C#N)nc4)C3)C2CC(F)=C1. The predicted octanol–water partition coefficient (Wildman–Crippen LogP) is 4.06. The maximum Gasteiger partial charge on any atom is 0.414 e. The van der Waals surface area contributed by atoms with Gasteiger partial charge < -0.3 is 15.4 Å². The third-order valence-electron chi connectivity index (χ3n) is 7.25. The summed E-state index contributed by atoms with van der Waals surface area (Å²) >= 11 is 0. The minimum absolute atomic E-state index is 0.0542. The van der Waals surface area contributed by atoms with Gasteiger partial charge in [-0.2, -0.15) is 5.26 Å². The molecule has 4 rings (SSSR count). The van der Waals surface area contributed by atoms with E-state index < -0.39 is 23.2 Å². The van der Waals surface area contributed by atoms with Gasteiger partial charge in [0.2, 0.25) is 5.91 Å². The highest BCUT2D eigenvalue weighted by molar-refractivity contribution is 5.92. The molecule has 3 heterocycles. The van der Waals surface area contributed by atoms with Crippen molar-refractivity contribution in [3.63, 3.8) is 0 Å². The zero-order valence-corrected chi connectivity index (χ0v) is 22.1. The summed E-state index contributed by atoms with van der Waals surface area (Å²) < 4.78 is 20.6. The second-order valence-electron chi connectivity index (χ2n) is 10.9. The predicted molar refractivity (Wildman–Crippen MR) is 137 cm³/mol. The van der Waals surface area contributed by atoms with Gasteiger partial charge in [0.05, 0.1) is 17.6 Å². The first-order valence-corrected chi connectivity index (χ1v) is 12.8. The smallest absolute Gasteiger partial charge is 0.414 e. The van der Waals surface area contributed by atoms with E-state index in [1.165, 1.54) is 11.0 Å². The molecule has 9 nitrogen and oxygen atoms in total. The lowest BCUT2D eigenvalue weighted by atomic mass is 9.78. The van der Waals surface area contributed by atoms with Crippen molar-refractivity contribution in [1.82, 2.24) is 20.1 Å². The summed E-state index contributed by atoms with van der Waals surface area (Å²) in [4.78, 5) is 34.1. The molecule has 0 radical (unpaired) electrons. The fraction of sp³-hybridized carbons (Fsp3) is 0.556. The lowest BCUT2D eigenvalue weighted by molar-refractivity contribution is -0.131. The number of nitrogens with zero attached hydrogens (tertiary/aromatic N) is 4. The molecule has 0 bridgehead atoms. The number of anilines is 1. The van der Waals surface area contributed by atoms with Gasteiger partial charge in [-0.1, -0.05) is 0 Å². The molecule has 37 heavy (non-hydrogen) atoms. The molecule has 198 valence electrons. The first-order valence-electron chi connectivity index (χ1n) is 12.8. The number of halogens is 1. The maximum atomic E-state index is 15.1. The number of fused-ring (bicyclic) bond motifs is 1. The Morgan fingerprint density at radius 3 is 2.81 bits per heavy atom. The Labute approximate surface area is 217 Å². The van der Waals surface area contributed by atoms with Crippen LogP contribution in [0.3, 0.4) is 0 Å². The van der Waals surface area contributed by atoms with Gasteiger partial charge in [0.15, 0.2) is 0 Å². The van der Waals surface area contributed by atoms with E-state index in [1.54, 1.807) is 40.0 Å². The lowest BCUT2D eigenvalue weighted by Gasteiger charge is -2.45. The molecule has 0 saturated carbocycles. The number of carbonyl (C=O) groups is 2. The fourth-order valence-corrected chi connectivity index (χ4v) is 5.40. The number of carbonyl (C=O) groups excluding carboxylic acids is 2. The molecule has 0 spiro atoms. The molecule has 1 aromatic rings. The molecular formula is C27H35FN6O3. The number of amides is 2. The number of hydrogen-bond acceptors (Lipinski definition) is 7. The number of ether oxygens (including phenoxy) is 1. The standard InChI is InChI=1S/C27H35FN6O3/c1-6-34(25(36)37-26(2,3)4)22-13-17(28)12-21-23(22)32-24(35)27(21,5)33-11-7-8-20(16-33)31-19-10-9-18(14-29)30-15-19/h9-10,13,15,20-21,31H,6-8,11-12,16H2,1-5H3,(H,32,35)/t20-,21?,27?/m1/s1. The van der Waals surface area contributed by atoms with Crippen LogP contribution in [0, 0.1) is 17.2 Å². The third kappa shape index (κ3) is 5.32. The minimum Gasteiger partial charge on any atom is -0.443 e. The van der Waals surface area contributed by atoms with E-state index in [0.717, 1.165) is 18.5 Å². The van der Waals surface area contributed by atoms with E-state index in [9.17, 15) is 9.59 Å². The maximum absolute atomic E-state index is 15.1. The number of piperidine rings is 1. The molecule has 2 amide bonds. The van der Waals surface area contributed by atoms with Crippen molar-refractivity contribution in [2.45, 2.75) is 71.1 Å². The van der Waals surface area contributed by atoms with Crippen LogP contribution in [-0.2, 0) is 9.53 Å². The molecule has 1 aromatic heterocycles. The molecule has 2 N–H and O–H groups in total. The van der Waals surface area contributed by atoms with Gasteiger partial charge in [-0.05, 0) is 72.2 Å². The molecule has 3 aliphatic rings. The van der Waals surface area contributed by atoms with Crippen molar-refractivity contribution in [3.8, 4) is 6.07 Å². The number of rotatable bonds is 5. The molecule has 2 unspecified atom stereocenters. The molecule has 1 aliphatic carbocycles. The largest absolute Gasteiger partial charge is 0.443 e. The average molecular weight is 511 g/mol. The third-order valence-corrected chi connectivity index (χ3v) is 7.25. The van der Waals surface area contributed by atoms with Crippen LogP contribution < -0.4 is 10.6 Å². The summed E-state index contributed by atoms with van der Waals surface area (Å²) in [5, 5.41) is 15.4. The molecule has 0 aromatic carbocycles. The summed E-state index contributed by atoms with van der Waals surface area (Å²) in [6.07, 6.45) is 4.23. The first kappa shape index (κ1) is 26.6. The van der Waals surface area contributed by atoms with E-state index >= 15 is 4.39 Å². The van der Waals surface area contributed by atoms with Crippen LogP contribution in [0.1, 0.15) is 59.6 Å². The highest BCUT2D eigenvalue weighted by atomic mass is 19.1. The molecular weight excluding hydrogens is 475 g/mol. The van der Waals surface area contributed by atoms with E-state index in [1.807, 2.05) is 19.1 Å². The van der Waals surface area contributed by atoms with Gasteiger partial charge in [0.1, 0.15) is 28.7 Å². The molecule has 2 fully saturated rings. The number of hydrogen-bond donors (Lipinski definition) is 2. The van der Waals surface area contributed by atoms with Crippen LogP contribution in [0.25, 0.3) is 0 Å². The van der Waals surface area contributed by atoms with Gasteiger partial charge in [0, 0.05) is 37.2 Å². The monoisotopic (exact) mass is 510 g/mol. The van der Waals surface area contributed by atoms with E-state index in [-0.39, 0.29) is 30.7 Å².